The largest absolute Gasteiger partial charge is 0.390 e. The lowest BCUT2D eigenvalue weighted by molar-refractivity contribution is -0.121. The van der Waals surface area contributed by atoms with E-state index >= 15 is 0 Å². The number of benzene rings is 1. The van der Waals surface area contributed by atoms with Crippen molar-refractivity contribution >= 4 is 58.0 Å². The molecule has 0 aliphatic carbocycles. The topological polar surface area (TPSA) is 69.6 Å². The fourth-order valence-electron chi connectivity index (χ4n) is 2.36. The van der Waals surface area contributed by atoms with Crippen molar-refractivity contribution in [2.45, 2.75) is 12.1 Å². The number of carbonyl (C=O) groups is 2. The second-order valence-electron chi connectivity index (χ2n) is 5.55. The molecule has 0 bridgehead atoms. The summed E-state index contributed by atoms with van der Waals surface area (Å²) in [4.78, 5) is 26.2. The van der Waals surface area contributed by atoms with E-state index in [1.165, 1.54) is 16.7 Å². The van der Waals surface area contributed by atoms with Gasteiger partial charge in [-0.1, -0.05) is 36.1 Å². The molecule has 2 aliphatic rings. The highest BCUT2D eigenvalue weighted by molar-refractivity contribution is 8.26. The molecule has 2 amide bonds. The number of nitrogens with zero attached hydrogens (tertiary/aromatic N) is 1. The second kappa shape index (κ2) is 7.26. The van der Waals surface area contributed by atoms with Gasteiger partial charge in [0.25, 0.3) is 11.8 Å². The lowest BCUT2D eigenvalue weighted by Crippen LogP contribution is -2.42. The molecule has 2 aliphatic heterocycles. The standard InChI is InChI=1S/C16H16N2O3S3/c1-18-15(21)13(24-16(18)22)6-9-2-4-10(5-3-9)14(20)17-11-7-23-8-12(11)19/h2-6,11-12,19H,7-8H2,1H3,(H,17,20). The summed E-state index contributed by atoms with van der Waals surface area (Å²) in [7, 11) is 1.65. The van der Waals surface area contributed by atoms with Crippen molar-refractivity contribution in [3.63, 3.8) is 0 Å². The van der Waals surface area contributed by atoms with E-state index in [2.05, 4.69) is 5.32 Å². The monoisotopic (exact) mass is 380 g/mol. The van der Waals surface area contributed by atoms with Crippen molar-refractivity contribution in [2.24, 2.45) is 0 Å². The summed E-state index contributed by atoms with van der Waals surface area (Å²) in [5, 5.41) is 12.6. The first-order valence-electron chi connectivity index (χ1n) is 7.34. The highest BCUT2D eigenvalue weighted by Gasteiger charge is 2.29. The molecule has 1 aromatic rings. The third-order valence-corrected chi connectivity index (χ3v) is 6.48. The molecule has 8 heteroatoms. The van der Waals surface area contributed by atoms with Crippen molar-refractivity contribution < 1.29 is 14.7 Å². The lowest BCUT2D eigenvalue weighted by atomic mass is 10.1. The molecule has 0 saturated carbocycles. The number of amides is 2. The molecular formula is C16H16N2O3S3. The van der Waals surface area contributed by atoms with E-state index in [0.717, 1.165) is 11.3 Å². The molecule has 2 atom stereocenters. The Labute approximate surface area is 153 Å². The zero-order valence-electron chi connectivity index (χ0n) is 12.9. The maximum atomic E-state index is 12.2. The number of hydrogen-bond donors (Lipinski definition) is 2. The minimum absolute atomic E-state index is 0.112. The van der Waals surface area contributed by atoms with Gasteiger partial charge < -0.3 is 10.4 Å². The van der Waals surface area contributed by atoms with Crippen molar-refractivity contribution in [1.29, 1.82) is 0 Å². The van der Waals surface area contributed by atoms with Gasteiger partial charge in [-0.3, -0.25) is 14.5 Å². The Hall–Kier alpha value is -1.35. The van der Waals surface area contributed by atoms with Crippen molar-refractivity contribution in [1.82, 2.24) is 10.2 Å². The van der Waals surface area contributed by atoms with E-state index in [-0.39, 0.29) is 17.9 Å². The normalized spacial score (nSPS) is 25.6. The summed E-state index contributed by atoms with van der Waals surface area (Å²) in [6.45, 7) is 0. The van der Waals surface area contributed by atoms with Gasteiger partial charge in [-0.05, 0) is 23.8 Å². The average Bonchev–Trinajstić information content (AvgIpc) is 3.07. The van der Waals surface area contributed by atoms with Gasteiger partial charge in [-0.15, -0.1) is 0 Å². The first kappa shape index (κ1) is 17.5. The molecule has 1 aromatic carbocycles. The van der Waals surface area contributed by atoms with E-state index in [4.69, 9.17) is 12.2 Å². The van der Waals surface area contributed by atoms with Crippen LogP contribution < -0.4 is 5.32 Å². The van der Waals surface area contributed by atoms with E-state index in [0.29, 0.717) is 20.5 Å². The molecular weight excluding hydrogens is 364 g/mol. The van der Waals surface area contributed by atoms with Gasteiger partial charge in [-0.2, -0.15) is 11.8 Å². The summed E-state index contributed by atoms with van der Waals surface area (Å²) < 4.78 is 0.537. The molecule has 2 saturated heterocycles. The van der Waals surface area contributed by atoms with Crippen LogP contribution in [0.3, 0.4) is 0 Å². The third kappa shape index (κ3) is 3.66. The highest BCUT2D eigenvalue weighted by atomic mass is 32.2. The van der Waals surface area contributed by atoms with Crippen LogP contribution in [0, 0.1) is 0 Å². The van der Waals surface area contributed by atoms with Crippen LogP contribution >= 0.6 is 35.7 Å². The van der Waals surface area contributed by atoms with Crippen LogP contribution in [0.15, 0.2) is 29.2 Å². The molecule has 126 valence electrons. The Bertz CT molecular complexity index is 718. The first-order chi connectivity index (χ1) is 11.5. The van der Waals surface area contributed by atoms with E-state index < -0.39 is 6.10 Å². The number of rotatable bonds is 3. The molecule has 2 unspecified atom stereocenters. The number of aliphatic hydroxyl groups excluding tert-OH is 1. The average molecular weight is 381 g/mol. The van der Waals surface area contributed by atoms with Gasteiger partial charge in [0.05, 0.1) is 17.1 Å². The molecule has 0 aromatic heterocycles. The Morgan fingerprint density at radius 1 is 1.38 bits per heavy atom. The van der Waals surface area contributed by atoms with Crippen LogP contribution in [0.25, 0.3) is 6.08 Å². The third-order valence-electron chi connectivity index (χ3n) is 3.82. The Morgan fingerprint density at radius 2 is 2.08 bits per heavy atom. The summed E-state index contributed by atoms with van der Waals surface area (Å²) >= 11 is 7.99. The van der Waals surface area contributed by atoms with Crippen LogP contribution in [0.1, 0.15) is 15.9 Å². The van der Waals surface area contributed by atoms with Crippen molar-refractivity contribution in [3.05, 3.63) is 40.3 Å². The number of nitrogens with one attached hydrogen (secondary N) is 1. The van der Waals surface area contributed by atoms with Crippen LogP contribution in [0.5, 0.6) is 0 Å². The van der Waals surface area contributed by atoms with Gasteiger partial charge in [0.2, 0.25) is 0 Å². The molecule has 2 fully saturated rings. The quantitative estimate of drug-likeness (QED) is 0.615. The maximum Gasteiger partial charge on any atom is 0.265 e. The highest BCUT2D eigenvalue weighted by Crippen LogP contribution is 2.31. The van der Waals surface area contributed by atoms with Crippen LogP contribution in [-0.2, 0) is 4.79 Å². The summed E-state index contributed by atoms with van der Waals surface area (Å²) in [5.74, 6) is 1.07. The fraction of sp³-hybridized carbons (Fsp3) is 0.312. The Morgan fingerprint density at radius 3 is 2.62 bits per heavy atom. The summed E-state index contributed by atoms with van der Waals surface area (Å²) in [6.07, 6.45) is 1.27. The second-order valence-corrected chi connectivity index (χ2v) is 8.30. The molecule has 0 radical (unpaired) electrons. The number of aliphatic hydroxyl groups is 1. The minimum Gasteiger partial charge on any atom is -0.390 e. The van der Waals surface area contributed by atoms with Gasteiger partial charge in [0, 0.05) is 24.1 Å². The number of hydrogen-bond acceptors (Lipinski definition) is 6. The Balaban J connectivity index is 1.68. The predicted molar refractivity (Wildman–Crippen MR) is 102 cm³/mol. The predicted octanol–water partition coefficient (Wildman–Crippen LogP) is 1.72. The van der Waals surface area contributed by atoms with Crippen LogP contribution in [-0.4, -0.2) is 56.8 Å². The maximum absolute atomic E-state index is 12.2. The SMILES string of the molecule is CN1C(=O)C(=Cc2ccc(C(=O)NC3CSCC3O)cc2)SC1=S. The molecule has 5 nitrogen and oxygen atoms in total. The van der Waals surface area contributed by atoms with Crippen LogP contribution in [0.4, 0.5) is 0 Å². The first-order valence-corrected chi connectivity index (χ1v) is 9.72. The number of thiocarbonyl (C=S) groups is 1. The van der Waals surface area contributed by atoms with Crippen LogP contribution in [0.2, 0.25) is 0 Å². The molecule has 0 spiro atoms. The van der Waals surface area contributed by atoms with E-state index in [9.17, 15) is 14.7 Å². The Kier molecular flexibility index (Phi) is 5.29. The number of thioether (sulfide) groups is 2. The number of carbonyl (C=O) groups excluding carboxylic acids is 2. The van der Waals surface area contributed by atoms with E-state index in [1.54, 1.807) is 49.2 Å². The van der Waals surface area contributed by atoms with E-state index in [1.807, 2.05) is 0 Å². The molecule has 3 rings (SSSR count). The molecule has 2 N–H and O–H groups in total. The van der Waals surface area contributed by atoms with Gasteiger partial charge >= 0.3 is 0 Å². The minimum atomic E-state index is -0.491. The smallest absolute Gasteiger partial charge is 0.265 e. The van der Waals surface area contributed by atoms with Crippen molar-refractivity contribution in [3.8, 4) is 0 Å². The lowest BCUT2D eigenvalue weighted by Gasteiger charge is -2.15. The summed E-state index contributed by atoms with van der Waals surface area (Å²) in [5.41, 5.74) is 1.36. The van der Waals surface area contributed by atoms with Crippen molar-refractivity contribution in [2.75, 3.05) is 18.6 Å². The summed E-state index contributed by atoms with van der Waals surface area (Å²) in [6, 6.07) is 6.80. The number of likely N-dealkylation sites (N-methyl/N-ethyl adjacent to an activating group) is 1. The fourth-order valence-corrected chi connectivity index (χ4v) is 4.71. The van der Waals surface area contributed by atoms with Gasteiger partial charge in [0.1, 0.15) is 4.32 Å². The van der Waals surface area contributed by atoms with Gasteiger partial charge in [-0.25, -0.2) is 0 Å². The zero-order chi connectivity index (χ0) is 17.3. The molecule has 24 heavy (non-hydrogen) atoms. The molecule has 2 heterocycles. The zero-order valence-corrected chi connectivity index (χ0v) is 15.3. The van der Waals surface area contributed by atoms with Gasteiger partial charge in [0.15, 0.2) is 0 Å².